The van der Waals surface area contributed by atoms with Gasteiger partial charge in [-0.3, -0.25) is 15.0 Å². The Labute approximate surface area is 151 Å². The summed E-state index contributed by atoms with van der Waals surface area (Å²) >= 11 is 1.30. The molecule has 8 heteroatoms. The third-order valence-corrected chi connectivity index (χ3v) is 5.50. The number of rotatable bonds is 6. The molecule has 7 nitrogen and oxygen atoms in total. The van der Waals surface area contributed by atoms with Crippen LogP contribution >= 0.6 is 11.8 Å². The van der Waals surface area contributed by atoms with Crippen LogP contribution in [-0.4, -0.2) is 47.9 Å². The van der Waals surface area contributed by atoms with Crippen LogP contribution in [0.1, 0.15) is 26.7 Å². The Morgan fingerprint density at radius 2 is 1.76 bits per heavy atom. The second kappa shape index (κ2) is 6.86. The summed E-state index contributed by atoms with van der Waals surface area (Å²) in [4.78, 5) is 27.4. The largest absolute Gasteiger partial charge is 0.344 e. The van der Waals surface area contributed by atoms with Crippen LogP contribution in [0.15, 0.2) is 29.2 Å². The van der Waals surface area contributed by atoms with Gasteiger partial charge in [0.15, 0.2) is 0 Å². The fraction of sp³-hybridized carbons (Fsp3) is 0.529. The molecule has 2 unspecified atom stereocenters. The second-order valence-electron chi connectivity index (χ2n) is 6.01. The zero-order valence-corrected chi connectivity index (χ0v) is 15.4. The summed E-state index contributed by atoms with van der Waals surface area (Å²) in [6, 6.07) is 7.08. The van der Waals surface area contributed by atoms with Crippen molar-refractivity contribution in [2.75, 3.05) is 25.6 Å². The Bertz CT molecular complexity index is 686. The fourth-order valence-electron chi connectivity index (χ4n) is 2.88. The summed E-state index contributed by atoms with van der Waals surface area (Å²) in [5.74, 6) is -0.470. The molecule has 2 aliphatic rings. The van der Waals surface area contributed by atoms with Gasteiger partial charge < -0.3 is 14.8 Å². The summed E-state index contributed by atoms with van der Waals surface area (Å²) in [6.07, 6.45) is 1.47. The van der Waals surface area contributed by atoms with Gasteiger partial charge in [0.25, 0.3) is 16.7 Å². The van der Waals surface area contributed by atoms with Gasteiger partial charge >= 0.3 is 6.03 Å². The van der Waals surface area contributed by atoms with Gasteiger partial charge in [-0.25, -0.2) is 4.79 Å². The number of likely N-dealkylation sites (N-methyl/N-ethyl adjacent to an activating group) is 1. The first-order valence-corrected chi connectivity index (χ1v) is 9.25. The van der Waals surface area contributed by atoms with Crippen molar-refractivity contribution in [1.82, 2.24) is 10.2 Å². The minimum atomic E-state index is -1.53. The average Bonchev–Trinajstić information content (AvgIpc) is 2.62. The molecule has 1 fully saturated rings. The van der Waals surface area contributed by atoms with Gasteiger partial charge in [0.2, 0.25) is 0 Å². The number of hydrogen-bond donors (Lipinski definition) is 2. The van der Waals surface area contributed by atoms with Crippen LogP contribution in [0.5, 0.6) is 0 Å². The number of imide groups is 1. The Balaban J connectivity index is 2.14. The number of nitrogens with zero attached hydrogens (tertiary/aromatic N) is 1. The Kier molecular flexibility index (Phi) is 4.95. The highest BCUT2D eigenvalue weighted by molar-refractivity contribution is 8.00. The molecule has 136 valence electrons. The number of benzene rings is 1. The Hall–Kier alpha value is -1.77. The van der Waals surface area contributed by atoms with Gasteiger partial charge in [-0.1, -0.05) is 37.7 Å². The van der Waals surface area contributed by atoms with Gasteiger partial charge in [-0.15, -0.1) is 0 Å². The number of fused-ring (bicyclic) bond motifs is 2. The molecule has 1 aromatic rings. The van der Waals surface area contributed by atoms with Gasteiger partial charge in [0.05, 0.1) is 12.3 Å². The smallest absolute Gasteiger partial charge is 0.327 e. The monoisotopic (exact) mass is 365 g/mol. The lowest BCUT2D eigenvalue weighted by atomic mass is 10.1. The number of thioether (sulfide) groups is 1. The van der Waals surface area contributed by atoms with E-state index in [1.807, 2.05) is 38.1 Å². The van der Waals surface area contributed by atoms with Gasteiger partial charge in [-0.2, -0.15) is 0 Å². The Morgan fingerprint density at radius 3 is 2.48 bits per heavy atom. The minimum Gasteiger partial charge on any atom is -0.344 e. The third kappa shape index (κ3) is 2.78. The predicted octanol–water partition coefficient (Wildman–Crippen LogP) is 2.59. The molecule has 3 amide bonds. The molecule has 0 radical (unpaired) electrons. The van der Waals surface area contributed by atoms with Crippen molar-refractivity contribution in [3.05, 3.63) is 24.3 Å². The summed E-state index contributed by atoms with van der Waals surface area (Å²) in [7, 11) is 1.44. The third-order valence-electron chi connectivity index (χ3n) is 4.13. The molecule has 0 aliphatic carbocycles. The molecule has 2 heterocycles. The van der Waals surface area contributed by atoms with E-state index < -0.39 is 22.7 Å². The van der Waals surface area contributed by atoms with Crippen molar-refractivity contribution < 1.29 is 19.1 Å². The first kappa shape index (κ1) is 18.0. The van der Waals surface area contributed by atoms with Crippen molar-refractivity contribution in [3.8, 4) is 0 Å². The maximum absolute atomic E-state index is 13.2. The lowest BCUT2D eigenvalue weighted by molar-refractivity contribution is -0.192. The topological polar surface area (TPSA) is 79.9 Å². The van der Waals surface area contributed by atoms with Crippen molar-refractivity contribution in [2.45, 2.75) is 42.4 Å². The van der Waals surface area contributed by atoms with Crippen molar-refractivity contribution in [2.24, 2.45) is 0 Å². The van der Waals surface area contributed by atoms with E-state index in [1.54, 1.807) is 0 Å². The fourth-order valence-corrected chi connectivity index (χ4v) is 4.19. The molecule has 2 aliphatic heterocycles. The zero-order chi connectivity index (χ0) is 18.1. The normalized spacial score (nSPS) is 28.0. The summed E-state index contributed by atoms with van der Waals surface area (Å²) in [5, 5.41) is 4.71. The minimum absolute atomic E-state index is 0.350. The average molecular weight is 365 g/mol. The number of carbonyl (C=O) groups excluding carboxylic acids is 2. The van der Waals surface area contributed by atoms with E-state index in [-0.39, 0.29) is 0 Å². The highest BCUT2D eigenvalue weighted by Gasteiger charge is 2.68. The zero-order valence-electron chi connectivity index (χ0n) is 14.6. The van der Waals surface area contributed by atoms with Crippen LogP contribution in [0.4, 0.5) is 10.5 Å². The van der Waals surface area contributed by atoms with Crippen LogP contribution in [0, 0.1) is 0 Å². The number of urea groups is 1. The summed E-state index contributed by atoms with van der Waals surface area (Å²) < 4.78 is 12.1. The van der Waals surface area contributed by atoms with E-state index in [0.717, 1.165) is 28.3 Å². The molecule has 3 rings (SSSR count). The maximum atomic E-state index is 13.2. The van der Waals surface area contributed by atoms with Crippen molar-refractivity contribution in [1.29, 1.82) is 0 Å². The number of ether oxygens (including phenoxy) is 2. The van der Waals surface area contributed by atoms with Crippen molar-refractivity contribution in [3.63, 3.8) is 0 Å². The SMILES string of the molecule is CCCOC12NC(=O)N(C)C(=O)C1(OCCC)Nc1ccccc1S2. The van der Waals surface area contributed by atoms with E-state index in [4.69, 9.17) is 9.47 Å². The molecule has 0 bridgehead atoms. The standard InChI is InChI=1S/C17H23N3O4S/c1-4-10-23-16-14(21)20(3)15(22)19-17(16,24-11-5-2)25-13-9-7-6-8-12(13)18-16/h6-9,18H,4-5,10-11H2,1-3H3,(H,19,22). The number of hydrogen-bond acceptors (Lipinski definition) is 6. The number of carbonyl (C=O) groups is 2. The maximum Gasteiger partial charge on any atom is 0.327 e. The number of amides is 3. The van der Waals surface area contributed by atoms with E-state index in [0.29, 0.717) is 13.2 Å². The molecule has 2 atom stereocenters. The molecular formula is C17H23N3O4S. The molecule has 2 N–H and O–H groups in total. The highest BCUT2D eigenvalue weighted by Crippen LogP contribution is 2.51. The number of anilines is 1. The van der Waals surface area contributed by atoms with E-state index >= 15 is 0 Å². The van der Waals surface area contributed by atoms with Crippen LogP contribution < -0.4 is 10.6 Å². The van der Waals surface area contributed by atoms with Gasteiger partial charge in [0, 0.05) is 18.6 Å². The molecule has 25 heavy (non-hydrogen) atoms. The first-order valence-electron chi connectivity index (χ1n) is 8.44. The van der Waals surface area contributed by atoms with E-state index in [1.165, 1.54) is 18.8 Å². The van der Waals surface area contributed by atoms with E-state index in [9.17, 15) is 9.59 Å². The summed E-state index contributed by atoms with van der Waals surface area (Å²) in [6.45, 7) is 4.66. The quantitative estimate of drug-likeness (QED) is 0.807. The molecule has 0 saturated carbocycles. The van der Waals surface area contributed by atoms with Crippen LogP contribution in [-0.2, 0) is 14.3 Å². The molecular weight excluding hydrogens is 342 g/mol. The second-order valence-corrected chi connectivity index (χ2v) is 7.23. The van der Waals surface area contributed by atoms with E-state index in [2.05, 4.69) is 10.6 Å². The number of para-hydroxylation sites is 1. The Morgan fingerprint density at radius 1 is 1.08 bits per heavy atom. The predicted molar refractivity (Wildman–Crippen MR) is 95.2 cm³/mol. The first-order chi connectivity index (χ1) is 12.0. The van der Waals surface area contributed by atoms with Crippen LogP contribution in [0.25, 0.3) is 0 Å². The summed E-state index contributed by atoms with van der Waals surface area (Å²) in [5.41, 5.74) is -0.753. The number of nitrogens with one attached hydrogen (secondary N) is 2. The van der Waals surface area contributed by atoms with Crippen LogP contribution in [0.2, 0.25) is 0 Å². The van der Waals surface area contributed by atoms with Gasteiger partial charge in [-0.05, 0) is 25.0 Å². The molecule has 0 spiro atoms. The van der Waals surface area contributed by atoms with Crippen molar-refractivity contribution >= 4 is 29.4 Å². The lowest BCUT2D eigenvalue weighted by Crippen LogP contribution is -2.80. The molecule has 0 aromatic heterocycles. The lowest BCUT2D eigenvalue weighted by Gasteiger charge is -2.54. The molecule has 1 aromatic carbocycles. The van der Waals surface area contributed by atoms with Crippen LogP contribution in [0.3, 0.4) is 0 Å². The highest BCUT2D eigenvalue weighted by atomic mass is 32.2. The molecule has 1 saturated heterocycles. The van der Waals surface area contributed by atoms with Gasteiger partial charge in [0.1, 0.15) is 0 Å².